The first kappa shape index (κ1) is 14.9. The SMILES string of the molecule is CC(=O)N[C@@H]1C[C@H](c2ccc(Cl)cc2)O[C@@H]2CCCC[C@@H]12. The number of carbonyl (C=O) groups excluding carboxylic acids is 1. The van der Waals surface area contributed by atoms with Crippen LogP contribution in [-0.4, -0.2) is 18.1 Å². The fourth-order valence-corrected chi connectivity index (χ4v) is 3.87. The van der Waals surface area contributed by atoms with Crippen LogP contribution in [0.4, 0.5) is 0 Å². The second-order valence-corrected chi connectivity index (χ2v) is 6.64. The van der Waals surface area contributed by atoms with Gasteiger partial charge in [-0.2, -0.15) is 0 Å². The van der Waals surface area contributed by atoms with Crippen LogP contribution in [-0.2, 0) is 9.53 Å². The molecule has 3 nitrogen and oxygen atoms in total. The van der Waals surface area contributed by atoms with Crippen LogP contribution in [0.2, 0.25) is 5.02 Å². The summed E-state index contributed by atoms with van der Waals surface area (Å²) in [5, 5.41) is 3.89. The molecule has 1 amide bonds. The number of halogens is 1. The zero-order valence-corrected chi connectivity index (χ0v) is 13.1. The molecule has 0 aromatic heterocycles. The van der Waals surface area contributed by atoms with E-state index in [0.717, 1.165) is 29.8 Å². The molecule has 114 valence electrons. The fourth-order valence-electron chi connectivity index (χ4n) is 3.75. The van der Waals surface area contributed by atoms with E-state index in [1.54, 1.807) is 6.92 Å². The summed E-state index contributed by atoms with van der Waals surface area (Å²) in [6, 6.07) is 8.09. The number of benzene rings is 1. The molecule has 2 fully saturated rings. The zero-order chi connectivity index (χ0) is 14.8. The number of nitrogens with one attached hydrogen (secondary N) is 1. The summed E-state index contributed by atoms with van der Waals surface area (Å²) in [7, 11) is 0. The highest BCUT2D eigenvalue weighted by molar-refractivity contribution is 6.30. The van der Waals surface area contributed by atoms with Crippen molar-refractivity contribution in [3.8, 4) is 0 Å². The number of rotatable bonds is 2. The van der Waals surface area contributed by atoms with Crippen molar-refractivity contribution in [3.05, 3.63) is 34.9 Å². The van der Waals surface area contributed by atoms with E-state index in [0.29, 0.717) is 5.92 Å². The molecule has 1 saturated carbocycles. The summed E-state index contributed by atoms with van der Waals surface area (Å²) in [6.45, 7) is 1.60. The van der Waals surface area contributed by atoms with Gasteiger partial charge in [0, 0.05) is 23.9 Å². The van der Waals surface area contributed by atoms with Crippen LogP contribution < -0.4 is 5.32 Å². The van der Waals surface area contributed by atoms with Crippen molar-refractivity contribution < 1.29 is 9.53 Å². The Kier molecular flexibility index (Phi) is 4.51. The van der Waals surface area contributed by atoms with E-state index in [4.69, 9.17) is 16.3 Å². The summed E-state index contributed by atoms with van der Waals surface area (Å²) < 4.78 is 6.33. The van der Waals surface area contributed by atoms with Gasteiger partial charge in [-0.1, -0.05) is 36.6 Å². The molecule has 0 spiro atoms. The Hall–Kier alpha value is -1.06. The van der Waals surface area contributed by atoms with Gasteiger partial charge in [0.25, 0.3) is 0 Å². The minimum atomic E-state index is 0.0541. The first-order chi connectivity index (χ1) is 10.1. The molecule has 0 radical (unpaired) electrons. The van der Waals surface area contributed by atoms with Crippen LogP contribution in [0.15, 0.2) is 24.3 Å². The molecule has 4 atom stereocenters. The lowest BCUT2D eigenvalue weighted by atomic mass is 9.76. The maximum atomic E-state index is 11.5. The van der Waals surface area contributed by atoms with Crippen molar-refractivity contribution in [2.24, 2.45) is 5.92 Å². The molecule has 2 aliphatic rings. The van der Waals surface area contributed by atoms with Gasteiger partial charge in [0.05, 0.1) is 12.2 Å². The number of carbonyl (C=O) groups is 1. The van der Waals surface area contributed by atoms with E-state index in [-0.39, 0.29) is 24.2 Å². The van der Waals surface area contributed by atoms with Crippen LogP contribution >= 0.6 is 11.6 Å². The van der Waals surface area contributed by atoms with Crippen molar-refractivity contribution in [2.75, 3.05) is 0 Å². The molecule has 1 saturated heterocycles. The van der Waals surface area contributed by atoms with Gasteiger partial charge < -0.3 is 10.1 Å². The van der Waals surface area contributed by atoms with E-state index in [1.165, 1.54) is 12.8 Å². The number of fused-ring (bicyclic) bond motifs is 1. The molecule has 3 rings (SSSR count). The van der Waals surface area contributed by atoms with Crippen LogP contribution in [0.3, 0.4) is 0 Å². The van der Waals surface area contributed by atoms with Crippen LogP contribution in [0.25, 0.3) is 0 Å². The van der Waals surface area contributed by atoms with E-state index in [2.05, 4.69) is 5.32 Å². The fraction of sp³-hybridized carbons (Fsp3) is 0.588. The average Bonchev–Trinajstić information content (AvgIpc) is 2.47. The Labute approximate surface area is 131 Å². The smallest absolute Gasteiger partial charge is 0.217 e. The first-order valence-electron chi connectivity index (χ1n) is 7.81. The summed E-state index contributed by atoms with van der Waals surface area (Å²) >= 11 is 5.96. The summed E-state index contributed by atoms with van der Waals surface area (Å²) in [5.41, 5.74) is 1.15. The molecule has 0 bridgehead atoms. The van der Waals surface area contributed by atoms with Crippen molar-refractivity contribution >= 4 is 17.5 Å². The highest BCUT2D eigenvalue weighted by Gasteiger charge is 2.40. The Bertz CT molecular complexity index is 502. The van der Waals surface area contributed by atoms with Crippen molar-refractivity contribution in [3.63, 3.8) is 0 Å². The van der Waals surface area contributed by atoms with Crippen LogP contribution in [0.5, 0.6) is 0 Å². The van der Waals surface area contributed by atoms with Gasteiger partial charge in [-0.3, -0.25) is 4.79 Å². The molecule has 1 heterocycles. The van der Waals surface area contributed by atoms with Gasteiger partial charge in [0.15, 0.2) is 0 Å². The topological polar surface area (TPSA) is 38.3 Å². The van der Waals surface area contributed by atoms with Gasteiger partial charge in [-0.15, -0.1) is 0 Å². The Balaban J connectivity index is 1.79. The maximum Gasteiger partial charge on any atom is 0.217 e. The molecule has 1 N–H and O–H groups in total. The Morgan fingerprint density at radius 2 is 1.95 bits per heavy atom. The predicted octanol–water partition coefficient (Wildman–Crippen LogP) is 3.86. The summed E-state index contributed by atoms with van der Waals surface area (Å²) in [5.74, 6) is 0.521. The zero-order valence-electron chi connectivity index (χ0n) is 12.3. The Morgan fingerprint density at radius 3 is 2.67 bits per heavy atom. The molecule has 1 aromatic rings. The third-order valence-electron chi connectivity index (χ3n) is 4.71. The van der Waals surface area contributed by atoms with Crippen molar-refractivity contribution in [1.82, 2.24) is 5.32 Å². The highest BCUT2D eigenvalue weighted by Crippen LogP contribution is 2.41. The molecular formula is C17H22ClNO2. The van der Waals surface area contributed by atoms with Gasteiger partial charge in [-0.25, -0.2) is 0 Å². The van der Waals surface area contributed by atoms with Crippen LogP contribution in [0, 0.1) is 5.92 Å². The molecule has 1 aliphatic carbocycles. The average molecular weight is 308 g/mol. The second-order valence-electron chi connectivity index (χ2n) is 6.21. The summed E-state index contributed by atoms with van der Waals surface area (Å²) in [4.78, 5) is 11.5. The molecule has 0 unspecified atom stereocenters. The molecule has 1 aliphatic heterocycles. The normalized spacial score (nSPS) is 32.3. The van der Waals surface area contributed by atoms with Gasteiger partial charge in [0.2, 0.25) is 5.91 Å². The number of ether oxygens (including phenoxy) is 1. The second kappa shape index (κ2) is 6.37. The molecular weight excluding hydrogens is 286 g/mol. The summed E-state index contributed by atoms with van der Waals surface area (Å²) in [6.07, 6.45) is 5.90. The standard InChI is InChI=1S/C17H22ClNO2/c1-11(20)19-15-10-17(12-6-8-13(18)9-7-12)21-16-5-3-2-4-14(15)16/h6-9,14-17H,2-5,10H2,1H3,(H,19,20)/t14-,15+,16+,17+/m0/s1. The molecule has 1 aromatic carbocycles. The predicted molar refractivity (Wildman–Crippen MR) is 83.2 cm³/mol. The first-order valence-corrected chi connectivity index (χ1v) is 8.19. The third kappa shape index (κ3) is 3.41. The lowest BCUT2D eigenvalue weighted by Gasteiger charge is -2.45. The number of amides is 1. The number of hydrogen-bond acceptors (Lipinski definition) is 2. The maximum absolute atomic E-state index is 11.5. The van der Waals surface area contributed by atoms with Gasteiger partial charge in [0.1, 0.15) is 0 Å². The van der Waals surface area contributed by atoms with Gasteiger partial charge >= 0.3 is 0 Å². The monoisotopic (exact) mass is 307 g/mol. The minimum absolute atomic E-state index is 0.0541. The van der Waals surface area contributed by atoms with Crippen molar-refractivity contribution in [1.29, 1.82) is 0 Å². The largest absolute Gasteiger partial charge is 0.370 e. The van der Waals surface area contributed by atoms with Gasteiger partial charge in [-0.05, 0) is 37.0 Å². The van der Waals surface area contributed by atoms with E-state index in [1.807, 2.05) is 24.3 Å². The minimum Gasteiger partial charge on any atom is -0.370 e. The van der Waals surface area contributed by atoms with E-state index >= 15 is 0 Å². The highest BCUT2D eigenvalue weighted by atomic mass is 35.5. The lowest BCUT2D eigenvalue weighted by Crippen LogP contribution is -2.50. The molecule has 4 heteroatoms. The van der Waals surface area contributed by atoms with Crippen LogP contribution in [0.1, 0.15) is 50.7 Å². The third-order valence-corrected chi connectivity index (χ3v) is 4.96. The van der Waals surface area contributed by atoms with E-state index in [9.17, 15) is 4.79 Å². The molecule has 21 heavy (non-hydrogen) atoms. The quantitative estimate of drug-likeness (QED) is 0.901. The van der Waals surface area contributed by atoms with Crippen molar-refractivity contribution in [2.45, 2.75) is 57.3 Å². The Morgan fingerprint density at radius 1 is 1.24 bits per heavy atom. The van der Waals surface area contributed by atoms with E-state index < -0.39 is 0 Å². The number of hydrogen-bond donors (Lipinski definition) is 1. The lowest BCUT2D eigenvalue weighted by molar-refractivity contribution is -0.131.